The molecule has 122 valence electrons. The average Bonchev–Trinajstić information content (AvgIpc) is 2.46. The average molecular weight is 342 g/mol. The lowest BCUT2D eigenvalue weighted by molar-refractivity contribution is -0.137. The Morgan fingerprint density at radius 1 is 1.09 bits per heavy atom. The minimum Gasteiger partial charge on any atom is -0.383 e. The number of benzene rings is 2. The van der Waals surface area contributed by atoms with Crippen molar-refractivity contribution in [2.45, 2.75) is 11.1 Å². The van der Waals surface area contributed by atoms with Gasteiger partial charge in [0.05, 0.1) is 16.1 Å². The van der Waals surface area contributed by atoms with Crippen LogP contribution >= 0.6 is 0 Å². The molecule has 0 amide bonds. The monoisotopic (exact) mass is 342 g/mol. The molecule has 2 rings (SSSR count). The molecule has 0 radical (unpaired) electrons. The molecule has 0 aliphatic rings. The minimum atomic E-state index is -4.46. The van der Waals surface area contributed by atoms with E-state index in [0.717, 1.165) is 18.4 Å². The first-order valence-electron chi connectivity index (χ1n) is 6.39. The molecule has 0 unspecified atom stereocenters. The summed E-state index contributed by atoms with van der Waals surface area (Å²) in [6.45, 7) is 0. The molecule has 0 aromatic heterocycles. The van der Waals surface area contributed by atoms with E-state index >= 15 is 0 Å². The van der Waals surface area contributed by atoms with Crippen LogP contribution in [0.3, 0.4) is 0 Å². The molecule has 2 N–H and O–H groups in total. The van der Waals surface area contributed by atoms with E-state index in [1.807, 2.05) is 0 Å². The molecule has 2 aromatic carbocycles. The van der Waals surface area contributed by atoms with Crippen LogP contribution in [0.2, 0.25) is 0 Å². The molecule has 0 aliphatic heterocycles. The molecule has 0 saturated heterocycles. The first-order chi connectivity index (χ1) is 10.6. The highest BCUT2D eigenvalue weighted by Gasteiger charge is 2.30. The van der Waals surface area contributed by atoms with Crippen LogP contribution in [0.15, 0.2) is 58.4 Å². The normalized spacial score (nSPS) is 13.1. The fourth-order valence-electron chi connectivity index (χ4n) is 1.83. The predicted molar refractivity (Wildman–Crippen MR) is 81.4 cm³/mol. The lowest BCUT2D eigenvalue weighted by atomic mass is 10.1. The molecule has 0 aliphatic carbocycles. The Kier molecular flexibility index (Phi) is 4.46. The van der Waals surface area contributed by atoms with E-state index in [2.05, 4.69) is 4.99 Å². The molecule has 0 saturated carbocycles. The zero-order valence-corrected chi connectivity index (χ0v) is 12.8. The van der Waals surface area contributed by atoms with Crippen LogP contribution in [-0.2, 0) is 16.0 Å². The predicted octanol–water partition coefficient (Wildman–Crippen LogP) is 3.15. The van der Waals surface area contributed by atoms with Gasteiger partial charge in [0.2, 0.25) is 0 Å². The van der Waals surface area contributed by atoms with Gasteiger partial charge in [-0.1, -0.05) is 12.1 Å². The Labute approximate surface area is 131 Å². The van der Waals surface area contributed by atoms with E-state index in [1.54, 1.807) is 0 Å². The Balaban J connectivity index is 2.33. The second-order valence-corrected chi connectivity index (χ2v) is 6.86. The van der Waals surface area contributed by atoms with Crippen molar-refractivity contribution in [3.05, 3.63) is 59.7 Å². The van der Waals surface area contributed by atoms with Gasteiger partial charge in [0.1, 0.15) is 5.84 Å². The largest absolute Gasteiger partial charge is 0.416 e. The number of hydrogen-bond donors (Lipinski definition) is 1. The molecular formula is C15H13F3N2O2S. The highest BCUT2D eigenvalue weighted by molar-refractivity contribution is 7.90. The highest BCUT2D eigenvalue weighted by atomic mass is 32.2. The molecule has 0 spiro atoms. The van der Waals surface area contributed by atoms with Crippen LogP contribution in [0.25, 0.3) is 0 Å². The van der Waals surface area contributed by atoms with Gasteiger partial charge < -0.3 is 5.73 Å². The number of nitrogens with two attached hydrogens (primary N) is 1. The second kappa shape index (κ2) is 6.04. The van der Waals surface area contributed by atoms with Crippen LogP contribution in [0.5, 0.6) is 0 Å². The molecule has 4 nitrogen and oxygen atoms in total. The summed E-state index contributed by atoms with van der Waals surface area (Å²) in [6, 6.07) is 10.1. The van der Waals surface area contributed by atoms with Gasteiger partial charge in [-0.25, -0.2) is 13.4 Å². The Hall–Kier alpha value is -2.35. The number of amidine groups is 1. The maximum absolute atomic E-state index is 12.7. The van der Waals surface area contributed by atoms with E-state index in [-0.39, 0.29) is 16.3 Å². The molecule has 0 heterocycles. The van der Waals surface area contributed by atoms with E-state index in [1.165, 1.54) is 36.4 Å². The van der Waals surface area contributed by atoms with Gasteiger partial charge in [0.25, 0.3) is 0 Å². The number of rotatable bonds is 3. The second-order valence-electron chi connectivity index (χ2n) is 4.84. The summed E-state index contributed by atoms with van der Waals surface area (Å²) < 4.78 is 60.7. The summed E-state index contributed by atoms with van der Waals surface area (Å²) in [6.07, 6.45) is -3.39. The first-order valence-corrected chi connectivity index (χ1v) is 8.28. The summed E-state index contributed by atoms with van der Waals surface area (Å²) in [4.78, 5) is 4.13. The smallest absolute Gasteiger partial charge is 0.383 e. The van der Waals surface area contributed by atoms with E-state index < -0.39 is 21.6 Å². The lowest BCUT2D eigenvalue weighted by Crippen LogP contribution is -2.14. The van der Waals surface area contributed by atoms with E-state index in [4.69, 9.17) is 5.73 Å². The van der Waals surface area contributed by atoms with Crippen LogP contribution in [0.1, 0.15) is 11.1 Å². The number of hydrogen-bond acceptors (Lipinski definition) is 3. The van der Waals surface area contributed by atoms with Crippen molar-refractivity contribution in [2.24, 2.45) is 10.7 Å². The summed E-state index contributed by atoms with van der Waals surface area (Å²) >= 11 is 0. The number of sulfone groups is 1. The molecule has 0 atom stereocenters. The molecule has 2 aromatic rings. The van der Waals surface area contributed by atoms with Gasteiger partial charge in [-0.2, -0.15) is 13.2 Å². The molecule has 23 heavy (non-hydrogen) atoms. The summed E-state index contributed by atoms with van der Waals surface area (Å²) in [5.41, 5.74) is 5.38. The highest BCUT2D eigenvalue weighted by Crippen LogP contribution is 2.29. The van der Waals surface area contributed by atoms with Crippen molar-refractivity contribution in [1.82, 2.24) is 0 Å². The van der Waals surface area contributed by atoms with Gasteiger partial charge in [-0.15, -0.1) is 0 Å². The molecular weight excluding hydrogens is 329 g/mol. The van der Waals surface area contributed by atoms with Crippen molar-refractivity contribution in [3.8, 4) is 0 Å². The number of aliphatic imine (C=N–C) groups is 1. The molecule has 0 bridgehead atoms. The quantitative estimate of drug-likeness (QED) is 0.688. The Morgan fingerprint density at radius 2 is 1.70 bits per heavy atom. The number of nitrogens with zero attached hydrogens (tertiary/aromatic N) is 1. The van der Waals surface area contributed by atoms with Gasteiger partial charge in [0.15, 0.2) is 9.84 Å². The Bertz CT molecular complexity index is 842. The third-order valence-electron chi connectivity index (χ3n) is 3.00. The lowest BCUT2D eigenvalue weighted by Gasteiger charge is -2.08. The SMILES string of the molecule is CS(=O)(=O)c1ccc(N=C(N)c2cccc(C(F)(F)F)c2)cc1. The van der Waals surface area contributed by atoms with Gasteiger partial charge in [-0.3, -0.25) is 0 Å². The van der Waals surface area contributed by atoms with Gasteiger partial charge in [-0.05, 0) is 36.4 Å². The minimum absolute atomic E-state index is 0.0943. The van der Waals surface area contributed by atoms with Crippen LogP contribution in [0.4, 0.5) is 18.9 Å². The van der Waals surface area contributed by atoms with Crippen LogP contribution < -0.4 is 5.73 Å². The zero-order valence-electron chi connectivity index (χ0n) is 12.0. The Morgan fingerprint density at radius 3 is 2.22 bits per heavy atom. The third-order valence-corrected chi connectivity index (χ3v) is 4.13. The van der Waals surface area contributed by atoms with Gasteiger partial charge >= 0.3 is 6.18 Å². The fourth-order valence-corrected chi connectivity index (χ4v) is 2.46. The maximum atomic E-state index is 12.7. The standard InChI is InChI=1S/C15H13F3N2O2S/c1-23(21,22)13-7-5-12(6-8-13)20-14(19)10-3-2-4-11(9-10)15(16,17)18/h2-9H,1H3,(H2,19,20). The number of halogens is 3. The fraction of sp³-hybridized carbons (Fsp3) is 0.133. The van der Waals surface area contributed by atoms with Crippen molar-refractivity contribution < 1.29 is 21.6 Å². The van der Waals surface area contributed by atoms with Crippen molar-refractivity contribution in [1.29, 1.82) is 0 Å². The van der Waals surface area contributed by atoms with Crippen LogP contribution in [0, 0.1) is 0 Å². The first kappa shape index (κ1) is 17.0. The van der Waals surface area contributed by atoms with E-state index in [9.17, 15) is 21.6 Å². The third kappa shape index (κ3) is 4.32. The van der Waals surface area contributed by atoms with Crippen molar-refractivity contribution >= 4 is 21.4 Å². The van der Waals surface area contributed by atoms with Crippen molar-refractivity contribution in [2.75, 3.05) is 6.26 Å². The zero-order chi connectivity index (χ0) is 17.3. The van der Waals surface area contributed by atoms with E-state index in [0.29, 0.717) is 5.69 Å². The summed E-state index contributed by atoms with van der Waals surface area (Å²) in [7, 11) is -3.33. The van der Waals surface area contributed by atoms with Crippen molar-refractivity contribution in [3.63, 3.8) is 0 Å². The summed E-state index contributed by atoms with van der Waals surface area (Å²) in [5, 5.41) is 0. The van der Waals surface area contributed by atoms with Gasteiger partial charge in [0, 0.05) is 11.8 Å². The molecule has 8 heteroatoms. The topological polar surface area (TPSA) is 72.5 Å². The summed E-state index contributed by atoms with van der Waals surface area (Å²) in [5.74, 6) is -0.0943. The molecule has 0 fully saturated rings. The maximum Gasteiger partial charge on any atom is 0.416 e. The van der Waals surface area contributed by atoms with Crippen LogP contribution in [-0.4, -0.2) is 20.5 Å². The number of alkyl halides is 3.